The number of hydrogen-bond donors (Lipinski definition) is 2. The van der Waals surface area contributed by atoms with Gasteiger partial charge in [-0.3, -0.25) is 4.79 Å². The van der Waals surface area contributed by atoms with Crippen LogP contribution in [0.5, 0.6) is 0 Å². The number of urea groups is 1. The number of amides is 3. The molecule has 3 amide bonds. The molecule has 2 fully saturated rings. The second kappa shape index (κ2) is 11.6. The molecule has 0 radical (unpaired) electrons. The van der Waals surface area contributed by atoms with E-state index in [-0.39, 0.29) is 50.6 Å². The summed E-state index contributed by atoms with van der Waals surface area (Å²) in [6.45, 7) is 7.40. The molecule has 2 heterocycles. The van der Waals surface area contributed by atoms with Crippen molar-refractivity contribution in [2.45, 2.75) is 71.3 Å². The molecule has 3 unspecified atom stereocenters. The standard InChI is InChI=1S/C31H40F3N3O4/c1-19-6-7-25(21(3)14-19)27-26-18-30(8-12-38,9-13-39)28(40)36(26)10-11-37(27)29(41)35(5)22(4)23-15-20(2)16-24(17-23)31(32,33)34/h6-7,14-17,22,26-27,38-39H,8-13,18H2,1-5H3. The predicted octanol–water partition coefficient (Wildman–Crippen LogP) is 5.15. The lowest BCUT2D eigenvalue weighted by Crippen LogP contribution is -2.57. The van der Waals surface area contributed by atoms with Gasteiger partial charge < -0.3 is 24.9 Å². The molecule has 0 saturated carbocycles. The van der Waals surface area contributed by atoms with Crippen molar-refractivity contribution < 1.29 is 33.0 Å². The van der Waals surface area contributed by atoms with Crippen molar-refractivity contribution in [3.63, 3.8) is 0 Å². The number of aryl methyl sites for hydroxylation is 3. The minimum absolute atomic E-state index is 0.117. The maximum atomic E-state index is 14.2. The number of rotatable bonds is 7. The third kappa shape index (κ3) is 5.81. The highest BCUT2D eigenvalue weighted by Gasteiger charge is 2.56. The van der Waals surface area contributed by atoms with Crippen LogP contribution in [0.1, 0.15) is 71.7 Å². The Morgan fingerprint density at radius 2 is 1.71 bits per heavy atom. The lowest BCUT2D eigenvalue weighted by molar-refractivity contribution is -0.140. The number of fused-ring (bicyclic) bond motifs is 1. The van der Waals surface area contributed by atoms with E-state index in [1.54, 1.807) is 36.8 Å². The van der Waals surface area contributed by atoms with Gasteiger partial charge in [-0.05, 0) is 75.8 Å². The van der Waals surface area contributed by atoms with Gasteiger partial charge in [-0.25, -0.2) is 4.79 Å². The van der Waals surface area contributed by atoms with Crippen LogP contribution in [0.25, 0.3) is 0 Å². The average molecular weight is 576 g/mol. The molecule has 7 nitrogen and oxygen atoms in total. The lowest BCUT2D eigenvalue weighted by atomic mass is 9.77. The lowest BCUT2D eigenvalue weighted by Gasteiger charge is -2.47. The number of nitrogens with zero attached hydrogens (tertiary/aromatic N) is 3. The number of aliphatic hydroxyl groups excluding tert-OH is 2. The van der Waals surface area contributed by atoms with Gasteiger partial charge in [-0.15, -0.1) is 0 Å². The second-order valence-electron chi connectivity index (χ2n) is 11.7. The maximum absolute atomic E-state index is 14.2. The normalized spacial score (nSPS) is 21.2. The summed E-state index contributed by atoms with van der Waals surface area (Å²) >= 11 is 0. The topological polar surface area (TPSA) is 84.3 Å². The van der Waals surface area contributed by atoms with Crippen LogP contribution in [0.2, 0.25) is 0 Å². The van der Waals surface area contributed by atoms with Crippen molar-refractivity contribution in [3.8, 4) is 0 Å². The number of benzene rings is 2. The van der Waals surface area contributed by atoms with Gasteiger partial charge in [0.1, 0.15) is 0 Å². The molecule has 2 aliphatic rings. The minimum Gasteiger partial charge on any atom is -0.396 e. The van der Waals surface area contributed by atoms with Crippen molar-refractivity contribution in [2.75, 3.05) is 33.4 Å². The molecule has 2 aromatic rings. The smallest absolute Gasteiger partial charge is 0.396 e. The highest BCUT2D eigenvalue weighted by atomic mass is 19.4. The molecule has 224 valence electrons. The van der Waals surface area contributed by atoms with E-state index in [4.69, 9.17) is 0 Å². The second-order valence-corrected chi connectivity index (χ2v) is 11.7. The van der Waals surface area contributed by atoms with Gasteiger partial charge in [0, 0.05) is 33.4 Å². The summed E-state index contributed by atoms with van der Waals surface area (Å²) in [5, 5.41) is 19.6. The molecular weight excluding hydrogens is 535 g/mol. The summed E-state index contributed by atoms with van der Waals surface area (Å²) in [6.07, 6.45) is -3.68. The van der Waals surface area contributed by atoms with Crippen LogP contribution in [-0.2, 0) is 11.0 Å². The number of carbonyl (C=O) groups excluding carboxylic acids is 2. The molecular formula is C31H40F3N3O4. The maximum Gasteiger partial charge on any atom is 0.416 e. The highest BCUT2D eigenvalue weighted by Crippen LogP contribution is 2.49. The van der Waals surface area contributed by atoms with E-state index in [1.165, 1.54) is 4.90 Å². The van der Waals surface area contributed by atoms with Crippen molar-refractivity contribution in [3.05, 3.63) is 69.8 Å². The molecule has 41 heavy (non-hydrogen) atoms. The van der Waals surface area contributed by atoms with Gasteiger partial charge in [0.05, 0.1) is 29.1 Å². The fraction of sp³-hybridized carbons (Fsp3) is 0.548. The van der Waals surface area contributed by atoms with Crippen molar-refractivity contribution in [1.29, 1.82) is 0 Å². The molecule has 0 spiro atoms. The van der Waals surface area contributed by atoms with Gasteiger partial charge >= 0.3 is 12.2 Å². The molecule has 2 aliphatic heterocycles. The molecule has 2 saturated heterocycles. The van der Waals surface area contributed by atoms with Crippen LogP contribution in [0, 0.1) is 26.2 Å². The molecule has 3 atom stereocenters. The first-order valence-corrected chi connectivity index (χ1v) is 14.1. The summed E-state index contributed by atoms with van der Waals surface area (Å²) in [6, 6.07) is 7.95. The van der Waals surface area contributed by atoms with Crippen LogP contribution in [0.3, 0.4) is 0 Å². The summed E-state index contributed by atoms with van der Waals surface area (Å²) in [5.41, 5.74) is 2.09. The Morgan fingerprint density at radius 3 is 2.29 bits per heavy atom. The quantitative estimate of drug-likeness (QED) is 0.478. The Kier molecular flexibility index (Phi) is 8.76. The van der Waals surface area contributed by atoms with E-state index in [0.717, 1.165) is 28.8 Å². The first-order chi connectivity index (χ1) is 19.2. The van der Waals surface area contributed by atoms with Crippen molar-refractivity contribution in [1.82, 2.24) is 14.7 Å². The van der Waals surface area contributed by atoms with E-state index in [1.807, 2.05) is 32.0 Å². The van der Waals surface area contributed by atoms with Gasteiger partial charge in [0.25, 0.3) is 0 Å². The number of piperazine rings is 1. The van der Waals surface area contributed by atoms with Gasteiger partial charge in [-0.2, -0.15) is 13.2 Å². The summed E-state index contributed by atoms with van der Waals surface area (Å²) in [4.78, 5) is 32.9. The predicted molar refractivity (Wildman–Crippen MR) is 149 cm³/mol. The average Bonchev–Trinajstić information content (AvgIpc) is 3.18. The number of hydrogen-bond acceptors (Lipinski definition) is 4. The molecule has 0 aliphatic carbocycles. The Morgan fingerprint density at radius 1 is 1.05 bits per heavy atom. The zero-order valence-corrected chi connectivity index (χ0v) is 24.3. The van der Waals surface area contributed by atoms with Crippen LogP contribution in [-0.4, -0.2) is 76.2 Å². The molecule has 10 heteroatoms. The van der Waals surface area contributed by atoms with E-state index in [0.29, 0.717) is 24.1 Å². The van der Waals surface area contributed by atoms with E-state index >= 15 is 0 Å². The molecule has 4 rings (SSSR count). The minimum atomic E-state index is -4.50. The number of halogens is 3. The van der Waals surface area contributed by atoms with Crippen LogP contribution < -0.4 is 0 Å². The van der Waals surface area contributed by atoms with Crippen LogP contribution in [0.4, 0.5) is 18.0 Å². The zero-order chi connectivity index (χ0) is 30.3. The largest absolute Gasteiger partial charge is 0.416 e. The first kappa shape index (κ1) is 30.8. The molecule has 2 N–H and O–H groups in total. The van der Waals surface area contributed by atoms with Crippen LogP contribution >= 0.6 is 0 Å². The number of carbonyl (C=O) groups is 2. The molecule has 0 bridgehead atoms. The fourth-order valence-corrected chi connectivity index (χ4v) is 6.69. The Balaban J connectivity index is 1.73. The zero-order valence-electron chi connectivity index (χ0n) is 24.3. The monoisotopic (exact) mass is 575 g/mol. The Bertz CT molecular complexity index is 1290. The number of alkyl halides is 3. The van der Waals surface area contributed by atoms with E-state index < -0.39 is 29.2 Å². The summed E-state index contributed by atoms with van der Waals surface area (Å²) < 4.78 is 40.6. The van der Waals surface area contributed by atoms with Gasteiger partial charge in [0.15, 0.2) is 0 Å². The molecule has 0 aromatic heterocycles. The summed E-state index contributed by atoms with van der Waals surface area (Å²) in [7, 11) is 1.59. The molecule has 2 aromatic carbocycles. The highest BCUT2D eigenvalue weighted by molar-refractivity contribution is 5.86. The van der Waals surface area contributed by atoms with E-state index in [2.05, 4.69) is 0 Å². The van der Waals surface area contributed by atoms with Crippen LogP contribution in [0.15, 0.2) is 36.4 Å². The SMILES string of the molecule is Cc1cc(C(C)N(C)C(=O)N2CCN3C(=O)C(CCO)(CCO)CC3C2c2ccc(C)cc2C)cc(C(F)(F)F)c1. The third-order valence-electron chi connectivity index (χ3n) is 8.96. The fourth-order valence-electron chi connectivity index (χ4n) is 6.69. The van der Waals surface area contributed by atoms with Gasteiger partial charge in [0.2, 0.25) is 5.91 Å². The number of aliphatic hydroxyl groups is 2. The Hall–Kier alpha value is -3.11. The Labute approximate surface area is 239 Å². The van der Waals surface area contributed by atoms with Crippen molar-refractivity contribution >= 4 is 11.9 Å². The van der Waals surface area contributed by atoms with Gasteiger partial charge in [-0.1, -0.05) is 35.4 Å². The van der Waals surface area contributed by atoms with E-state index in [9.17, 15) is 33.0 Å². The summed E-state index contributed by atoms with van der Waals surface area (Å²) in [5.74, 6) is -0.117. The first-order valence-electron chi connectivity index (χ1n) is 14.1. The third-order valence-corrected chi connectivity index (χ3v) is 8.96. The van der Waals surface area contributed by atoms with Crippen molar-refractivity contribution in [2.24, 2.45) is 5.41 Å².